The van der Waals surface area contributed by atoms with Gasteiger partial charge in [0, 0.05) is 33.6 Å². The van der Waals surface area contributed by atoms with Crippen LogP contribution in [-0.2, 0) is 27.8 Å². The van der Waals surface area contributed by atoms with Gasteiger partial charge in [0.1, 0.15) is 5.75 Å². The molecule has 6 heteroatoms. The number of fused-ring (bicyclic) bond motifs is 1. The fourth-order valence-electron chi connectivity index (χ4n) is 2.04. The van der Waals surface area contributed by atoms with Crippen LogP contribution in [0.1, 0.15) is 18.1 Å². The van der Waals surface area contributed by atoms with Crippen molar-refractivity contribution < 1.29 is 18.8 Å². The van der Waals surface area contributed by atoms with E-state index in [0.29, 0.717) is 11.6 Å². The highest BCUT2D eigenvalue weighted by molar-refractivity contribution is 7.84. The van der Waals surface area contributed by atoms with E-state index in [2.05, 4.69) is 0 Å². The largest absolute Gasteiger partial charge is 0.493 e. The molecule has 1 aliphatic rings. The lowest BCUT2D eigenvalue weighted by Gasteiger charge is -2.10. The third-order valence-corrected chi connectivity index (χ3v) is 4.72. The Hall–Kier alpha value is -1.07. The molecular weight excluding hydrogens is 288 g/mol. The first kappa shape index (κ1) is 14.3. The van der Waals surface area contributed by atoms with Gasteiger partial charge in [0.2, 0.25) is 0 Å². The zero-order valence-electron chi connectivity index (χ0n) is 10.5. The van der Waals surface area contributed by atoms with Gasteiger partial charge in [-0.25, -0.2) is 0 Å². The second kappa shape index (κ2) is 5.92. The fraction of sp³-hybridized carbons (Fsp3) is 0.462. The van der Waals surface area contributed by atoms with E-state index in [0.717, 1.165) is 23.3 Å². The number of carboxylic acids is 1. The lowest BCUT2D eigenvalue weighted by atomic mass is 10.1. The highest BCUT2D eigenvalue weighted by atomic mass is 35.5. The Morgan fingerprint density at radius 3 is 3.00 bits per heavy atom. The standard InChI is InChI=1S/C13H15ClO4S/c1-8(13(15)16)6-19(17)7-10-5-11(14)4-9-2-3-18-12(9)10/h4-5,8H,2-3,6-7H2,1H3,(H,15,16). The number of carbonyl (C=O) groups is 1. The normalized spacial score (nSPS) is 16.5. The number of benzene rings is 1. The Morgan fingerprint density at radius 1 is 1.58 bits per heavy atom. The van der Waals surface area contributed by atoms with Crippen molar-refractivity contribution in [1.82, 2.24) is 0 Å². The van der Waals surface area contributed by atoms with Gasteiger partial charge in [-0.1, -0.05) is 18.5 Å². The summed E-state index contributed by atoms with van der Waals surface area (Å²) in [5.74, 6) is -0.368. The molecule has 2 atom stereocenters. The van der Waals surface area contributed by atoms with Gasteiger partial charge in [0.05, 0.1) is 18.3 Å². The van der Waals surface area contributed by atoms with Crippen LogP contribution in [0.25, 0.3) is 0 Å². The zero-order chi connectivity index (χ0) is 14.0. The van der Waals surface area contributed by atoms with Gasteiger partial charge in [-0.2, -0.15) is 0 Å². The Bertz CT molecular complexity index is 530. The molecule has 19 heavy (non-hydrogen) atoms. The SMILES string of the molecule is CC(CS(=O)Cc1cc(Cl)cc2c1OCC2)C(=O)O. The van der Waals surface area contributed by atoms with Crippen LogP contribution < -0.4 is 4.74 Å². The Labute approximate surface area is 119 Å². The lowest BCUT2D eigenvalue weighted by molar-refractivity contribution is -0.140. The zero-order valence-corrected chi connectivity index (χ0v) is 12.1. The van der Waals surface area contributed by atoms with Crippen LogP contribution in [0.3, 0.4) is 0 Å². The van der Waals surface area contributed by atoms with Crippen molar-refractivity contribution in [2.45, 2.75) is 19.1 Å². The monoisotopic (exact) mass is 302 g/mol. The van der Waals surface area contributed by atoms with Crippen LogP contribution >= 0.6 is 11.6 Å². The molecule has 4 nitrogen and oxygen atoms in total. The highest BCUT2D eigenvalue weighted by Gasteiger charge is 2.21. The molecule has 1 aromatic rings. The summed E-state index contributed by atoms with van der Waals surface area (Å²) in [5, 5.41) is 9.42. The molecule has 1 aliphatic heterocycles. The molecule has 0 spiro atoms. The molecule has 2 rings (SSSR count). The van der Waals surface area contributed by atoms with Crippen LogP contribution in [0.5, 0.6) is 5.75 Å². The van der Waals surface area contributed by atoms with Crippen LogP contribution in [0.4, 0.5) is 0 Å². The molecular formula is C13H15ClO4S. The topological polar surface area (TPSA) is 63.6 Å². The summed E-state index contributed by atoms with van der Waals surface area (Å²) in [5.41, 5.74) is 1.83. The number of halogens is 1. The van der Waals surface area contributed by atoms with E-state index in [1.165, 1.54) is 0 Å². The van der Waals surface area contributed by atoms with Gasteiger partial charge in [-0.15, -0.1) is 0 Å². The van der Waals surface area contributed by atoms with Crippen LogP contribution in [0.15, 0.2) is 12.1 Å². The molecule has 0 aromatic heterocycles. The van der Waals surface area contributed by atoms with E-state index in [-0.39, 0.29) is 11.5 Å². The molecule has 0 fully saturated rings. The van der Waals surface area contributed by atoms with Crippen molar-refractivity contribution in [2.24, 2.45) is 5.92 Å². The average molecular weight is 303 g/mol. The summed E-state index contributed by atoms with van der Waals surface area (Å²) in [6, 6.07) is 3.60. The maximum atomic E-state index is 12.0. The number of rotatable bonds is 5. The van der Waals surface area contributed by atoms with E-state index < -0.39 is 22.7 Å². The molecule has 1 heterocycles. The Kier molecular flexibility index (Phi) is 4.47. The highest BCUT2D eigenvalue weighted by Crippen LogP contribution is 2.33. The number of aliphatic carboxylic acids is 1. The minimum absolute atomic E-state index is 0.136. The van der Waals surface area contributed by atoms with Crippen molar-refractivity contribution in [3.8, 4) is 5.75 Å². The van der Waals surface area contributed by atoms with Crippen LogP contribution in [0, 0.1) is 5.92 Å². The summed E-state index contributed by atoms with van der Waals surface area (Å²) in [4.78, 5) is 10.7. The quantitative estimate of drug-likeness (QED) is 0.906. The molecule has 0 amide bonds. The van der Waals surface area contributed by atoms with E-state index in [4.69, 9.17) is 21.4 Å². The summed E-state index contributed by atoms with van der Waals surface area (Å²) in [6.07, 6.45) is 0.807. The van der Waals surface area contributed by atoms with Gasteiger partial charge < -0.3 is 9.84 Å². The van der Waals surface area contributed by atoms with Crippen molar-refractivity contribution in [3.05, 3.63) is 28.3 Å². The second-order valence-electron chi connectivity index (χ2n) is 4.64. The molecule has 1 N–H and O–H groups in total. The van der Waals surface area contributed by atoms with E-state index in [9.17, 15) is 9.00 Å². The predicted octanol–water partition coefficient (Wildman–Crippen LogP) is 2.24. The Morgan fingerprint density at radius 2 is 2.32 bits per heavy atom. The number of hydrogen-bond donors (Lipinski definition) is 1. The molecule has 0 radical (unpaired) electrons. The average Bonchev–Trinajstić information content (AvgIpc) is 2.76. The van der Waals surface area contributed by atoms with E-state index in [1.54, 1.807) is 13.0 Å². The summed E-state index contributed by atoms with van der Waals surface area (Å²) in [7, 11) is -1.24. The third-order valence-electron chi connectivity index (χ3n) is 3.00. The number of ether oxygens (including phenoxy) is 1. The fourth-order valence-corrected chi connectivity index (χ4v) is 3.68. The maximum absolute atomic E-state index is 12.0. The maximum Gasteiger partial charge on any atom is 0.307 e. The number of hydrogen-bond acceptors (Lipinski definition) is 3. The molecule has 0 saturated carbocycles. The van der Waals surface area contributed by atoms with E-state index >= 15 is 0 Å². The minimum Gasteiger partial charge on any atom is -0.493 e. The predicted molar refractivity (Wildman–Crippen MR) is 74.2 cm³/mol. The number of carboxylic acid groups (broad SMARTS) is 1. The Balaban J connectivity index is 2.11. The molecule has 0 aliphatic carbocycles. The van der Waals surface area contributed by atoms with Crippen molar-refractivity contribution in [1.29, 1.82) is 0 Å². The first-order chi connectivity index (χ1) is 8.97. The second-order valence-corrected chi connectivity index (χ2v) is 6.58. The molecule has 104 valence electrons. The summed E-state index contributed by atoms with van der Waals surface area (Å²) >= 11 is 6.02. The lowest BCUT2D eigenvalue weighted by Crippen LogP contribution is -2.18. The first-order valence-electron chi connectivity index (χ1n) is 5.99. The van der Waals surface area contributed by atoms with Crippen molar-refractivity contribution in [2.75, 3.05) is 12.4 Å². The van der Waals surface area contributed by atoms with Crippen molar-refractivity contribution in [3.63, 3.8) is 0 Å². The van der Waals surface area contributed by atoms with Gasteiger partial charge in [-0.3, -0.25) is 9.00 Å². The van der Waals surface area contributed by atoms with Gasteiger partial charge >= 0.3 is 5.97 Å². The molecule has 2 unspecified atom stereocenters. The first-order valence-corrected chi connectivity index (χ1v) is 7.86. The van der Waals surface area contributed by atoms with Crippen LogP contribution in [0.2, 0.25) is 5.02 Å². The molecule has 1 aromatic carbocycles. The van der Waals surface area contributed by atoms with Gasteiger partial charge in [0.25, 0.3) is 0 Å². The van der Waals surface area contributed by atoms with Gasteiger partial charge in [0.15, 0.2) is 0 Å². The molecule has 0 saturated heterocycles. The third kappa shape index (κ3) is 3.48. The summed E-state index contributed by atoms with van der Waals surface area (Å²) in [6.45, 7) is 2.17. The van der Waals surface area contributed by atoms with Gasteiger partial charge in [-0.05, 0) is 17.7 Å². The smallest absolute Gasteiger partial charge is 0.307 e. The summed E-state index contributed by atoms with van der Waals surface area (Å²) < 4.78 is 17.5. The molecule has 0 bridgehead atoms. The van der Waals surface area contributed by atoms with Crippen LogP contribution in [-0.4, -0.2) is 27.6 Å². The van der Waals surface area contributed by atoms with Crippen molar-refractivity contribution >= 4 is 28.4 Å². The van der Waals surface area contributed by atoms with E-state index in [1.807, 2.05) is 6.07 Å². The minimum atomic E-state index is -1.24.